The maximum absolute atomic E-state index is 4.31. The van der Waals surface area contributed by atoms with Gasteiger partial charge in [0, 0.05) is 52.5 Å². The highest BCUT2D eigenvalue weighted by atomic mass is 15.2. The first-order chi connectivity index (χ1) is 11.2. The van der Waals surface area contributed by atoms with Crippen LogP contribution in [0.15, 0.2) is 29.4 Å². The van der Waals surface area contributed by atoms with Crippen LogP contribution in [0.3, 0.4) is 0 Å². The number of aromatic nitrogens is 1. The summed E-state index contributed by atoms with van der Waals surface area (Å²) in [5.74, 6) is 1.42. The zero-order valence-electron chi connectivity index (χ0n) is 14.6. The van der Waals surface area contributed by atoms with Crippen LogP contribution in [0.2, 0.25) is 0 Å². The molecule has 0 saturated carbocycles. The standard InChI is InChI=1S/C17H30N6/c1-15(14-23-10-8-22(3)9-11-23)12-20-17(18-2)21-13-16-6-4-5-7-19-16/h4-7,15H,8-14H2,1-3H3,(H2,18,20,21). The highest BCUT2D eigenvalue weighted by Crippen LogP contribution is 2.03. The van der Waals surface area contributed by atoms with Crippen molar-refractivity contribution in [2.45, 2.75) is 13.5 Å². The Hall–Kier alpha value is -1.66. The Kier molecular flexibility index (Phi) is 7.29. The van der Waals surface area contributed by atoms with Crippen molar-refractivity contribution in [3.8, 4) is 0 Å². The Labute approximate surface area is 140 Å². The zero-order chi connectivity index (χ0) is 16.5. The minimum absolute atomic E-state index is 0.590. The van der Waals surface area contributed by atoms with Gasteiger partial charge in [0.25, 0.3) is 0 Å². The van der Waals surface area contributed by atoms with E-state index in [2.05, 4.69) is 44.4 Å². The SMILES string of the molecule is CN=C(NCc1ccccn1)NCC(C)CN1CCN(C)CC1. The number of nitrogens with zero attached hydrogens (tertiary/aromatic N) is 4. The van der Waals surface area contributed by atoms with Crippen LogP contribution < -0.4 is 10.6 Å². The largest absolute Gasteiger partial charge is 0.356 e. The smallest absolute Gasteiger partial charge is 0.191 e. The van der Waals surface area contributed by atoms with Crippen molar-refractivity contribution >= 4 is 5.96 Å². The topological polar surface area (TPSA) is 55.8 Å². The van der Waals surface area contributed by atoms with Crippen LogP contribution in [0.4, 0.5) is 0 Å². The summed E-state index contributed by atoms with van der Waals surface area (Å²) < 4.78 is 0. The van der Waals surface area contributed by atoms with Gasteiger partial charge in [-0.2, -0.15) is 0 Å². The second-order valence-corrected chi connectivity index (χ2v) is 6.34. The van der Waals surface area contributed by atoms with E-state index in [1.165, 1.54) is 26.2 Å². The molecule has 6 nitrogen and oxygen atoms in total. The second kappa shape index (κ2) is 9.47. The van der Waals surface area contributed by atoms with Gasteiger partial charge in [0.15, 0.2) is 5.96 Å². The summed E-state index contributed by atoms with van der Waals surface area (Å²) in [6, 6.07) is 5.94. The van der Waals surface area contributed by atoms with Crippen molar-refractivity contribution in [3.63, 3.8) is 0 Å². The molecule has 6 heteroatoms. The number of nitrogens with one attached hydrogen (secondary N) is 2. The van der Waals surface area contributed by atoms with E-state index in [4.69, 9.17) is 0 Å². The van der Waals surface area contributed by atoms with Gasteiger partial charge in [0.2, 0.25) is 0 Å². The van der Waals surface area contributed by atoms with Crippen LogP contribution in [0.1, 0.15) is 12.6 Å². The van der Waals surface area contributed by atoms with E-state index in [9.17, 15) is 0 Å². The van der Waals surface area contributed by atoms with Crippen molar-refractivity contribution in [2.75, 3.05) is 53.4 Å². The lowest BCUT2D eigenvalue weighted by atomic mass is 10.1. The molecule has 1 fully saturated rings. The summed E-state index contributed by atoms with van der Waals surface area (Å²) in [7, 11) is 4.00. The molecule has 0 spiro atoms. The quantitative estimate of drug-likeness (QED) is 0.595. The first kappa shape index (κ1) is 17.7. The number of guanidine groups is 1. The van der Waals surface area contributed by atoms with Gasteiger partial charge >= 0.3 is 0 Å². The molecule has 23 heavy (non-hydrogen) atoms. The lowest BCUT2D eigenvalue weighted by Gasteiger charge is -2.34. The van der Waals surface area contributed by atoms with Crippen molar-refractivity contribution < 1.29 is 0 Å². The van der Waals surface area contributed by atoms with Crippen LogP contribution in [0.5, 0.6) is 0 Å². The third-order valence-electron chi connectivity index (χ3n) is 4.17. The Morgan fingerprint density at radius 3 is 2.70 bits per heavy atom. The molecule has 2 N–H and O–H groups in total. The Morgan fingerprint density at radius 1 is 1.26 bits per heavy atom. The minimum atomic E-state index is 0.590. The molecule has 1 aliphatic heterocycles. The van der Waals surface area contributed by atoms with E-state index in [1.54, 1.807) is 7.05 Å². The van der Waals surface area contributed by atoms with Gasteiger partial charge < -0.3 is 20.4 Å². The highest BCUT2D eigenvalue weighted by molar-refractivity contribution is 5.79. The van der Waals surface area contributed by atoms with Gasteiger partial charge in [0.1, 0.15) is 0 Å². The molecule has 1 aromatic heterocycles. The molecule has 1 aromatic rings. The first-order valence-electron chi connectivity index (χ1n) is 8.42. The Balaban J connectivity index is 1.66. The van der Waals surface area contributed by atoms with Gasteiger partial charge in [-0.25, -0.2) is 0 Å². The summed E-state index contributed by atoms with van der Waals surface area (Å²) in [6.07, 6.45) is 1.81. The zero-order valence-corrected chi connectivity index (χ0v) is 14.6. The fourth-order valence-corrected chi connectivity index (χ4v) is 2.70. The molecule has 0 aliphatic carbocycles. The number of rotatable bonds is 6. The van der Waals surface area contributed by atoms with Gasteiger partial charge in [0.05, 0.1) is 12.2 Å². The molecule has 1 saturated heterocycles. The molecule has 2 rings (SSSR count). The summed E-state index contributed by atoms with van der Waals surface area (Å²) in [6.45, 7) is 9.74. The third-order valence-corrected chi connectivity index (χ3v) is 4.17. The van der Waals surface area contributed by atoms with Crippen molar-refractivity contribution in [1.29, 1.82) is 0 Å². The van der Waals surface area contributed by atoms with Crippen LogP contribution in [-0.4, -0.2) is 74.1 Å². The van der Waals surface area contributed by atoms with Crippen LogP contribution in [-0.2, 0) is 6.54 Å². The maximum Gasteiger partial charge on any atom is 0.191 e. The Morgan fingerprint density at radius 2 is 2.04 bits per heavy atom. The molecular weight excluding hydrogens is 288 g/mol. The summed E-state index contributed by atoms with van der Waals surface area (Å²) in [4.78, 5) is 13.5. The van der Waals surface area contributed by atoms with Crippen molar-refractivity contribution in [2.24, 2.45) is 10.9 Å². The summed E-state index contributed by atoms with van der Waals surface area (Å²) >= 11 is 0. The van der Waals surface area contributed by atoms with E-state index in [0.29, 0.717) is 12.5 Å². The number of hydrogen-bond acceptors (Lipinski definition) is 4. The van der Waals surface area contributed by atoms with Gasteiger partial charge in [-0.05, 0) is 25.1 Å². The number of aliphatic imine (C=N–C) groups is 1. The fraction of sp³-hybridized carbons (Fsp3) is 0.647. The molecule has 0 radical (unpaired) electrons. The lowest BCUT2D eigenvalue weighted by Crippen LogP contribution is -2.47. The number of pyridine rings is 1. The maximum atomic E-state index is 4.31. The van der Waals surface area contributed by atoms with Crippen LogP contribution >= 0.6 is 0 Å². The molecule has 1 unspecified atom stereocenters. The lowest BCUT2D eigenvalue weighted by molar-refractivity contribution is 0.139. The predicted octanol–water partition coefficient (Wildman–Crippen LogP) is 0.630. The molecule has 0 bridgehead atoms. The molecule has 0 aromatic carbocycles. The number of piperazine rings is 1. The third kappa shape index (κ3) is 6.54. The molecule has 1 atom stereocenters. The van der Waals surface area contributed by atoms with E-state index in [0.717, 1.165) is 24.7 Å². The van der Waals surface area contributed by atoms with Crippen LogP contribution in [0.25, 0.3) is 0 Å². The summed E-state index contributed by atoms with van der Waals surface area (Å²) in [5, 5.41) is 6.72. The average molecular weight is 318 g/mol. The first-order valence-corrected chi connectivity index (χ1v) is 8.42. The minimum Gasteiger partial charge on any atom is -0.356 e. The van der Waals surface area contributed by atoms with E-state index >= 15 is 0 Å². The second-order valence-electron chi connectivity index (χ2n) is 6.34. The fourth-order valence-electron chi connectivity index (χ4n) is 2.70. The molecule has 0 amide bonds. The average Bonchev–Trinajstić information content (AvgIpc) is 2.58. The van der Waals surface area contributed by atoms with E-state index < -0.39 is 0 Å². The number of hydrogen-bond donors (Lipinski definition) is 2. The van der Waals surface area contributed by atoms with Crippen LogP contribution in [0, 0.1) is 5.92 Å². The van der Waals surface area contributed by atoms with Crippen molar-refractivity contribution in [1.82, 2.24) is 25.4 Å². The van der Waals surface area contributed by atoms with Gasteiger partial charge in [-0.15, -0.1) is 0 Å². The van der Waals surface area contributed by atoms with Gasteiger partial charge in [-0.1, -0.05) is 13.0 Å². The highest BCUT2D eigenvalue weighted by Gasteiger charge is 2.16. The van der Waals surface area contributed by atoms with Crippen molar-refractivity contribution in [3.05, 3.63) is 30.1 Å². The molecule has 2 heterocycles. The number of likely N-dealkylation sites (N-methyl/N-ethyl adjacent to an activating group) is 1. The monoisotopic (exact) mass is 318 g/mol. The van der Waals surface area contributed by atoms with Gasteiger partial charge in [-0.3, -0.25) is 9.98 Å². The molecular formula is C17H30N6. The normalized spacial score (nSPS) is 18.7. The predicted molar refractivity (Wildman–Crippen MR) is 95.5 cm³/mol. The Bertz CT molecular complexity index is 467. The summed E-state index contributed by atoms with van der Waals surface area (Å²) in [5.41, 5.74) is 1.01. The van der Waals surface area contributed by atoms with E-state index in [-0.39, 0.29) is 0 Å². The van der Waals surface area contributed by atoms with E-state index in [1.807, 2.05) is 24.4 Å². The molecule has 128 valence electrons. The molecule has 1 aliphatic rings.